The van der Waals surface area contributed by atoms with Gasteiger partial charge in [-0.05, 0) is 18.6 Å². The Hall–Kier alpha value is -1.81. The third-order valence-corrected chi connectivity index (χ3v) is 2.85. The van der Waals surface area contributed by atoms with E-state index in [0.717, 1.165) is 17.8 Å². The number of nitrogens with zero attached hydrogens (tertiary/aromatic N) is 2. The summed E-state index contributed by atoms with van der Waals surface area (Å²) < 4.78 is 5.75. The molecule has 0 bridgehead atoms. The summed E-state index contributed by atoms with van der Waals surface area (Å²) in [7, 11) is 1.82. The van der Waals surface area contributed by atoms with Crippen LogP contribution in [0, 0.1) is 0 Å². The van der Waals surface area contributed by atoms with Crippen LogP contribution < -0.4 is 10.1 Å². The zero-order chi connectivity index (χ0) is 13.0. The molecule has 1 N–H and O–H groups in total. The molecule has 5 heteroatoms. The van der Waals surface area contributed by atoms with Crippen molar-refractivity contribution in [2.45, 2.75) is 13.3 Å². The van der Waals surface area contributed by atoms with Crippen molar-refractivity contribution >= 4 is 17.4 Å². The van der Waals surface area contributed by atoms with E-state index in [1.165, 1.54) is 6.33 Å². The van der Waals surface area contributed by atoms with Gasteiger partial charge in [0.2, 0.25) is 5.88 Å². The fourth-order valence-electron chi connectivity index (χ4n) is 1.65. The van der Waals surface area contributed by atoms with E-state index in [1.807, 2.05) is 32.2 Å². The van der Waals surface area contributed by atoms with Crippen molar-refractivity contribution in [1.29, 1.82) is 0 Å². The predicted octanol–water partition coefficient (Wildman–Crippen LogP) is 3.53. The zero-order valence-corrected chi connectivity index (χ0v) is 11.0. The molecule has 1 aromatic heterocycles. The van der Waals surface area contributed by atoms with Gasteiger partial charge < -0.3 is 10.1 Å². The molecular weight excluding hydrogens is 250 g/mol. The molecule has 1 heterocycles. The fourth-order valence-corrected chi connectivity index (χ4v) is 1.82. The van der Waals surface area contributed by atoms with Crippen LogP contribution in [0.15, 0.2) is 30.6 Å². The lowest BCUT2D eigenvalue weighted by Crippen LogP contribution is -2.02. The molecule has 1 aromatic carbocycles. The number of hydrogen-bond acceptors (Lipinski definition) is 4. The average molecular weight is 264 g/mol. The third kappa shape index (κ3) is 2.54. The van der Waals surface area contributed by atoms with Crippen LogP contribution in [0.5, 0.6) is 11.6 Å². The van der Waals surface area contributed by atoms with Crippen LogP contribution in [-0.2, 0) is 6.42 Å². The molecule has 0 fully saturated rings. The van der Waals surface area contributed by atoms with Gasteiger partial charge in [0.15, 0.2) is 0 Å². The van der Waals surface area contributed by atoms with Gasteiger partial charge in [-0.25, -0.2) is 9.97 Å². The quantitative estimate of drug-likeness (QED) is 0.917. The van der Waals surface area contributed by atoms with Crippen LogP contribution in [0.1, 0.15) is 12.5 Å². The Balaban J connectivity index is 2.37. The minimum absolute atomic E-state index is 0.532. The molecule has 0 amide bonds. The number of anilines is 1. The molecule has 4 nitrogen and oxygen atoms in total. The van der Waals surface area contributed by atoms with Crippen LogP contribution in [-0.4, -0.2) is 17.0 Å². The van der Waals surface area contributed by atoms with Gasteiger partial charge in [0, 0.05) is 7.05 Å². The summed E-state index contributed by atoms with van der Waals surface area (Å²) in [4.78, 5) is 8.32. The lowest BCUT2D eigenvalue weighted by Gasteiger charge is -2.12. The van der Waals surface area contributed by atoms with Gasteiger partial charge in [-0.2, -0.15) is 0 Å². The molecule has 0 unspecified atom stereocenters. The standard InChI is InChI=1S/C13H14ClN3O/c1-3-9-12(15-2)16-8-17-13(9)18-11-7-5-4-6-10(11)14/h4-8H,3H2,1-2H3,(H,15,16,17). The molecule has 2 rings (SSSR count). The summed E-state index contributed by atoms with van der Waals surface area (Å²) in [6, 6.07) is 7.31. The Bertz CT molecular complexity index is 546. The minimum Gasteiger partial charge on any atom is -0.437 e. The molecule has 0 atom stereocenters. The Morgan fingerprint density at radius 3 is 2.72 bits per heavy atom. The second kappa shape index (κ2) is 5.69. The molecule has 2 aromatic rings. The van der Waals surface area contributed by atoms with Gasteiger partial charge in [0.05, 0.1) is 10.6 Å². The van der Waals surface area contributed by atoms with Crippen molar-refractivity contribution in [2.24, 2.45) is 0 Å². The molecular formula is C13H14ClN3O. The lowest BCUT2D eigenvalue weighted by atomic mass is 10.2. The van der Waals surface area contributed by atoms with Crippen molar-refractivity contribution in [3.8, 4) is 11.6 Å². The Labute approximate surface area is 111 Å². The maximum atomic E-state index is 6.06. The molecule has 18 heavy (non-hydrogen) atoms. The van der Waals surface area contributed by atoms with Crippen molar-refractivity contribution in [2.75, 3.05) is 12.4 Å². The summed E-state index contributed by atoms with van der Waals surface area (Å²) in [5, 5.41) is 3.58. The van der Waals surface area contributed by atoms with E-state index >= 15 is 0 Å². The first kappa shape index (κ1) is 12.6. The van der Waals surface area contributed by atoms with Crippen LogP contribution in [0.2, 0.25) is 5.02 Å². The average Bonchev–Trinajstić information content (AvgIpc) is 2.41. The van der Waals surface area contributed by atoms with Crippen molar-refractivity contribution in [1.82, 2.24) is 9.97 Å². The van der Waals surface area contributed by atoms with Crippen molar-refractivity contribution in [3.05, 3.63) is 41.2 Å². The number of rotatable bonds is 4. The lowest BCUT2D eigenvalue weighted by molar-refractivity contribution is 0.456. The van der Waals surface area contributed by atoms with E-state index in [-0.39, 0.29) is 0 Å². The van der Waals surface area contributed by atoms with E-state index in [1.54, 1.807) is 6.07 Å². The number of benzene rings is 1. The smallest absolute Gasteiger partial charge is 0.227 e. The maximum absolute atomic E-state index is 6.06. The predicted molar refractivity (Wildman–Crippen MR) is 72.5 cm³/mol. The minimum atomic E-state index is 0.532. The van der Waals surface area contributed by atoms with Crippen molar-refractivity contribution < 1.29 is 4.74 Å². The van der Waals surface area contributed by atoms with Gasteiger partial charge in [-0.15, -0.1) is 0 Å². The largest absolute Gasteiger partial charge is 0.437 e. The normalized spacial score (nSPS) is 10.2. The molecule has 0 aliphatic rings. The maximum Gasteiger partial charge on any atom is 0.227 e. The first-order valence-corrected chi connectivity index (χ1v) is 6.08. The first-order valence-electron chi connectivity index (χ1n) is 5.70. The Morgan fingerprint density at radius 1 is 1.28 bits per heavy atom. The molecule has 0 saturated heterocycles. The first-order chi connectivity index (χ1) is 8.76. The zero-order valence-electron chi connectivity index (χ0n) is 10.3. The number of para-hydroxylation sites is 1. The summed E-state index contributed by atoms with van der Waals surface area (Å²) in [5.41, 5.74) is 0.930. The second-order valence-electron chi connectivity index (χ2n) is 3.64. The van der Waals surface area contributed by atoms with E-state index in [0.29, 0.717) is 16.7 Å². The number of nitrogens with one attached hydrogen (secondary N) is 1. The molecule has 0 spiro atoms. The molecule has 94 valence electrons. The monoisotopic (exact) mass is 263 g/mol. The topological polar surface area (TPSA) is 47.0 Å². The van der Waals surface area contributed by atoms with E-state index in [9.17, 15) is 0 Å². The summed E-state index contributed by atoms with van der Waals surface area (Å²) in [6.45, 7) is 2.03. The molecule has 0 radical (unpaired) electrons. The molecule has 0 aliphatic heterocycles. The number of ether oxygens (including phenoxy) is 1. The van der Waals surface area contributed by atoms with E-state index in [2.05, 4.69) is 15.3 Å². The van der Waals surface area contributed by atoms with Crippen LogP contribution in [0.3, 0.4) is 0 Å². The van der Waals surface area contributed by atoms with Gasteiger partial charge in [0.25, 0.3) is 0 Å². The highest BCUT2D eigenvalue weighted by Gasteiger charge is 2.11. The van der Waals surface area contributed by atoms with Crippen LogP contribution in [0.25, 0.3) is 0 Å². The van der Waals surface area contributed by atoms with Gasteiger partial charge >= 0.3 is 0 Å². The summed E-state index contributed by atoms with van der Waals surface area (Å²) in [5.74, 6) is 1.90. The van der Waals surface area contributed by atoms with Gasteiger partial charge in [-0.1, -0.05) is 30.7 Å². The number of halogens is 1. The second-order valence-corrected chi connectivity index (χ2v) is 4.05. The van der Waals surface area contributed by atoms with Crippen LogP contribution in [0.4, 0.5) is 5.82 Å². The van der Waals surface area contributed by atoms with E-state index < -0.39 is 0 Å². The SMILES string of the molecule is CCc1c(NC)ncnc1Oc1ccccc1Cl. The van der Waals surface area contributed by atoms with Crippen molar-refractivity contribution in [3.63, 3.8) is 0 Å². The molecule has 0 aliphatic carbocycles. The van der Waals surface area contributed by atoms with Gasteiger partial charge in [-0.3, -0.25) is 0 Å². The number of hydrogen-bond donors (Lipinski definition) is 1. The summed E-state index contributed by atoms with van der Waals surface area (Å²) >= 11 is 6.06. The summed E-state index contributed by atoms with van der Waals surface area (Å²) in [6.07, 6.45) is 2.24. The highest BCUT2D eigenvalue weighted by atomic mass is 35.5. The fraction of sp³-hybridized carbons (Fsp3) is 0.231. The van der Waals surface area contributed by atoms with Crippen LogP contribution >= 0.6 is 11.6 Å². The highest BCUT2D eigenvalue weighted by molar-refractivity contribution is 6.32. The number of aromatic nitrogens is 2. The highest BCUT2D eigenvalue weighted by Crippen LogP contribution is 2.31. The van der Waals surface area contributed by atoms with Gasteiger partial charge in [0.1, 0.15) is 17.9 Å². The molecule has 0 saturated carbocycles. The van der Waals surface area contributed by atoms with E-state index in [4.69, 9.17) is 16.3 Å². The third-order valence-electron chi connectivity index (χ3n) is 2.54. The Kier molecular flexibility index (Phi) is 3.99. The Morgan fingerprint density at radius 2 is 2.06 bits per heavy atom.